The third-order valence-electron chi connectivity index (χ3n) is 5.45. The quantitative estimate of drug-likeness (QED) is 0.471. The van der Waals surface area contributed by atoms with Gasteiger partial charge in [0.25, 0.3) is 0 Å². The Morgan fingerprint density at radius 1 is 1.03 bits per heavy atom. The summed E-state index contributed by atoms with van der Waals surface area (Å²) in [5.41, 5.74) is 3.96. The van der Waals surface area contributed by atoms with Crippen molar-refractivity contribution in [3.63, 3.8) is 0 Å². The molecule has 0 aliphatic carbocycles. The number of ether oxygens (including phenoxy) is 1. The minimum absolute atomic E-state index is 0.0858. The third kappa shape index (κ3) is 3.44. The SMILES string of the molecule is Cc1cc2nnc(S[C@H](C(=O)N3CCOCC3)c3ccccc3)n2c2ccccc12. The fourth-order valence-corrected chi connectivity index (χ4v) is 5.03. The molecule has 1 saturated heterocycles. The fraction of sp³-hybridized carbons (Fsp3) is 0.261. The number of carbonyl (C=O) groups excluding carboxylic acids is 1. The van der Waals surface area contributed by atoms with Crippen LogP contribution in [0.3, 0.4) is 0 Å². The van der Waals surface area contributed by atoms with E-state index in [4.69, 9.17) is 4.74 Å². The predicted octanol–water partition coefficient (Wildman–Crippen LogP) is 3.88. The summed E-state index contributed by atoms with van der Waals surface area (Å²) in [6.07, 6.45) is 0. The highest BCUT2D eigenvalue weighted by molar-refractivity contribution is 8.00. The van der Waals surface area contributed by atoms with Crippen molar-refractivity contribution in [2.24, 2.45) is 0 Å². The van der Waals surface area contributed by atoms with Gasteiger partial charge in [0.15, 0.2) is 10.8 Å². The summed E-state index contributed by atoms with van der Waals surface area (Å²) in [5.74, 6) is 0.0858. The summed E-state index contributed by atoms with van der Waals surface area (Å²) >= 11 is 1.46. The number of hydrogen-bond acceptors (Lipinski definition) is 5. The van der Waals surface area contributed by atoms with Crippen molar-refractivity contribution >= 4 is 34.2 Å². The number of benzene rings is 2. The van der Waals surface area contributed by atoms with E-state index in [2.05, 4.69) is 33.7 Å². The number of hydrogen-bond donors (Lipinski definition) is 0. The minimum atomic E-state index is -0.392. The van der Waals surface area contributed by atoms with Crippen LogP contribution in [0.2, 0.25) is 0 Å². The highest BCUT2D eigenvalue weighted by atomic mass is 32.2. The number of fused-ring (bicyclic) bond motifs is 3. The molecule has 2 aromatic carbocycles. The predicted molar refractivity (Wildman–Crippen MR) is 118 cm³/mol. The van der Waals surface area contributed by atoms with Crippen molar-refractivity contribution in [3.8, 4) is 0 Å². The number of carbonyl (C=O) groups is 1. The van der Waals surface area contributed by atoms with Gasteiger partial charge in [-0.3, -0.25) is 9.20 Å². The van der Waals surface area contributed by atoms with Gasteiger partial charge in [0.1, 0.15) is 5.25 Å². The van der Waals surface area contributed by atoms with Gasteiger partial charge in [-0.1, -0.05) is 60.3 Å². The van der Waals surface area contributed by atoms with Crippen molar-refractivity contribution in [3.05, 3.63) is 71.8 Å². The molecule has 2 aromatic heterocycles. The smallest absolute Gasteiger partial charge is 0.240 e. The van der Waals surface area contributed by atoms with Gasteiger partial charge in [0.05, 0.1) is 18.7 Å². The second-order valence-corrected chi connectivity index (χ2v) is 8.44. The van der Waals surface area contributed by atoms with E-state index in [0.717, 1.165) is 32.8 Å². The van der Waals surface area contributed by atoms with Crippen LogP contribution in [0.15, 0.2) is 65.8 Å². The molecule has 0 radical (unpaired) electrons. The Hall–Kier alpha value is -2.90. The van der Waals surface area contributed by atoms with E-state index in [1.165, 1.54) is 11.8 Å². The van der Waals surface area contributed by atoms with Gasteiger partial charge >= 0.3 is 0 Å². The van der Waals surface area contributed by atoms with Gasteiger partial charge in [-0.05, 0) is 30.2 Å². The highest BCUT2D eigenvalue weighted by Gasteiger charge is 2.30. The van der Waals surface area contributed by atoms with Gasteiger partial charge in [-0.25, -0.2) is 0 Å². The summed E-state index contributed by atoms with van der Waals surface area (Å²) in [4.78, 5) is 15.4. The Balaban J connectivity index is 1.59. The first-order chi connectivity index (χ1) is 14.7. The van der Waals surface area contributed by atoms with Gasteiger partial charge < -0.3 is 9.64 Å². The lowest BCUT2D eigenvalue weighted by Gasteiger charge is -2.30. The van der Waals surface area contributed by atoms with Crippen LogP contribution in [0, 0.1) is 6.92 Å². The molecule has 30 heavy (non-hydrogen) atoms. The Kier molecular flexibility index (Phi) is 5.14. The van der Waals surface area contributed by atoms with Crippen LogP contribution in [0.4, 0.5) is 0 Å². The molecule has 1 amide bonds. The number of morpholine rings is 1. The molecular formula is C23H22N4O2S. The molecule has 4 aromatic rings. The number of amides is 1. The van der Waals surface area contributed by atoms with Crippen molar-refractivity contribution in [1.82, 2.24) is 19.5 Å². The molecule has 0 saturated carbocycles. The largest absolute Gasteiger partial charge is 0.378 e. The Labute approximate surface area is 178 Å². The third-order valence-corrected chi connectivity index (χ3v) is 6.63. The van der Waals surface area contributed by atoms with Crippen LogP contribution in [0.25, 0.3) is 16.6 Å². The molecular weight excluding hydrogens is 396 g/mol. The van der Waals surface area contributed by atoms with Crippen LogP contribution in [0.5, 0.6) is 0 Å². The average molecular weight is 419 g/mol. The van der Waals surface area contributed by atoms with Crippen LogP contribution in [0.1, 0.15) is 16.4 Å². The van der Waals surface area contributed by atoms with Crippen molar-refractivity contribution < 1.29 is 9.53 Å². The number of para-hydroxylation sites is 1. The summed E-state index contributed by atoms with van der Waals surface area (Å²) < 4.78 is 7.48. The highest BCUT2D eigenvalue weighted by Crippen LogP contribution is 2.37. The first-order valence-corrected chi connectivity index (χ1v) is 10.9. The molecule has 6 nitrogen and oxygen atoms in total. The van der Waals surface area contributed by atoms with E-state index < -0.39 is 5.25 Å². The van der Waals surface area contributed by atoms with Gasteiger partial charge in [0.2, 0.25) is 5.91 Å². The van der Waals surface area contributed by atoms with Gasteiger partial charge in [-0.15, -0.1) is 10.2 Å². The Morgan fingerprint density at radius 3 is 2.57 bits per heavy atom. The standard InChI is InChI=1S/C23H22N4O2S/c1-16-15-20-24-25-23(27(20)19-10-6-5-9-18(16)19)30-21(17-7-3-2-4-8-17)22(28)26-11-13-29-14-12-26/h2-10,15,21H,11-14H2,1H3/t21-/m0/s1. The molecule has 3 heterocycles. The molecule has 1 atom stereocenters. The number of aromatic nitrogens is 3. The van der Waals surface area contributed by atoms with E-state index in [0.29, 0.717) is 26.3 Å². The molecule has 0 bridgehead atoms. The summed E-state index contributed by atoms with van der Waals surface area (Å²) in [6.45, 7) is 4.47. The normalized spacial score (nSPS) is 15.6. The fourth-order valence-electron chi connectivity index (χ4n) is 3.89. The molecule has 0 unspecified atom stereocenters. The number of thioether (sulfide) groups is 1. The molecule has 7 heteroatoms. The lowest BCUT2D eigenvalue weighted by atomic mass is 10.1. The Morgan fingerprint density at radius 2 is 1.77 bits per heavy atom. The summed E-state index contributed by atoms with van der Waals surface area (Å²) in [5, 5.41) is 10.3. The molecule has 152 valence electrons. The monoisotopic (exact) mass is 418 g/mol. The summed E-state index contributed by atoms with van der Waals surface area (Å²) in [6, 6.07) is 20.2. The number of nitrogens with zero attached hydrogens (tertiary/aromatic N) is 4. The maximum Gasteiger partial charge on any atom is 0.240 e. The summed E-state index contributed by atoms with van der Waals surface area (Å²) in [7, 11) is 0. The van der Waals surface area contributed by atoms with Crippen LogP contribution in [-0.4, -0.2) is 51.7 Å². The van der Waals surface area contributed by atoms with Crippen molar-refractivity contribution in [2.45, 2.75) is 17.3 Å². The van der Waals surface area contributed by atoms with Gasteiger partial charge in [0, 0.05) is 18.5 Å². The molecule has 1 aliphatic rings. The zero-order chi connectivity index (χ0) is 20.5. The molecule has 1 aliphatic heterocycles. The van der Waals surface area contributed by atoms with E-state index in [-0.39, 0.29) is 5.91 Å². The zero-order valence-corrected chi connectivity index (χ0v) is 17.5. The number of aryl methyl sites for hydroxylation is 1. The van der Waals surface area contributed by atoms with E-state index in [1.54, 1.807) is 0 Å². The molecule has 1 fully saturated rings. The van der Waals surface area contributed by atoms with Gasteiger partial charge in [-0.2, -0.15) is 0 Å². The van der Waals surface area contributed by atoms with Crippen LogP contribution >= 0.6 is 11.8 Å². The van der Waals surface area contributed by atoms with E-state index >= 15 is 0 Å². The molecule has 5 rings (SSSR count). The molecule has 0 spiro atoms. The first kappa shape index (κ1) is 19.1. The second kappa shape index (κ2) is 8.08. The average Bonchev–Trinajstić information content (AvgIpc) is 3.21. The first-order valence-electron chi connectivity index (χ1n) is 10.0. The van der Waals surface area contributed by atoms with E-state index in [1.807, 2.05) is 53.4 Å². The van der Waals surface area contributed by atoms with Crippen molar-refractivity contribution in [2.75, 3.05) is 26.3 Å². The minimum Gasteiger partial charge on any atom is -0.378 e. The Bertz CT molecular complexity index is 1200. The maximum absolute atomic E-state index is 13.5. The lowest BCUT2D eigenvalue weighted by Crippen LogP contribution is -2.42. The topological polar surface area (TPSA) is 59.7 Å². The maximum atomic E-state index is 13.5. The van der Waals surface area contributed by atoms with E-state index in [9.17, 15) is 4.79 Å². The number of rotatable bonds is 4. The van der Waals surface area contributed by atoms with Crippen molar-refractivity contribution in [1.29, 1.82) is 0 Å². The van der Waals surface area contributed by atoms with Crippen LogP contribution < -0.4 is 0 Å². The van der Waals surface area contributed by atoms with Crippen LogP contribution in [-0.2, 0) is 9.53 Å². The lowest BCUT2D eigenvalue weighted by molar-refractivity contribution is -0.134. The zero-order valence-electron chi connectivity index (χ0n) is 16.7. The molecule has 0 N–H and O–H groups in total. The second-order valence-electron chi connectivity index (χ2n) is 7.37. The number of pyridine rings is 1.